The molecule has 0 amide bonds. The van der Waals surface area contributed by atoms with Crippen molar-refractivity contribution < 1.29 is 21.2 Å². The van der Waals surface area contributed by atoms with Crippen LogP contribution in [0.5, 0.6) is 0 Å². The third-order valence-corrected chi connectivity index (χ3v) is 10.7. The van der Waals surface area contributed by atoms with Crippen molar-refractivity contribution >= 4 is 39.1 Å². The Kier molecular flexibility index (Phi) is 11.8. The fourth-order valence-corrected chi connectivity index (χ4v) is 7.44. The van der Waals surface area contributed by atoms with Gasteiger partial charge in [0.15, 0.2) is 0 Å². The van der Waals surface area contributed by atoms with Crippen LogP contribution in [0.4, 0.5) is 8.78 Å². The fraction of sp³-hybridized carbons (Fsp3) is 0.270. The van der Waals surface area contributed by atoms with Crippen molar-refractivity contribution in [3.63, 3.8) is 0 Å². The van der Waals surface area contributed by atoms with Crippen LogP contribution in [0, 0.1) is 11.6 Å². The molecule has 7 rings (SSSR count). The lowest BCUT2D eigenvalue weighted by molar-refractivity contribution is -0.0000102. The first kappa shape index (κ1) is 35.5. The number of nitrogens with one attached hydrogen (secondary N) is 3. The summed E-state index contributed by atoms with van der Waals surface area (Å²) < 4.78 is 29.1. The number of halogens is 6. The predicted octanol–water partition coefficient (Wildman–Crippen LogP) is 6.45. The van der Waals surface area contributed by atoms with Crippen molar-refractivity contribution in [3.05, 3.63) is 146 Å². The third-order valence-electron chi connectivity index (χ3n) is 9.52. The topological polar surface area (TPSA) is 52.7 Å². The van der Waals surface area contributed by atoms with Crippen LogP contribution in [0.15, 0.2) is 102 Å². The molecule has 47 heavy (non-hydrogen) atoms. The third kappa shape index (κ3) is 7.61. The van der Waals surface area contributed by atoms with Crippen LogP contribution >= 0.6 is 39.1 Å². The van der Waals surface area contributed by atoms with Gasteiger partial charge < -0.3 is 23.0 Å². The molecule has 0 spiro atoms. The van der Waals surface area contributed by atoms with Crippen LogP contribution < -0.4 is 23.0 Å². The molecule has 3 N–H and O–H groups in total. The van der Waals surface area contributed by atoms with Gasteiger partial charge in [-0.3, -0.25) is 5.10 Å². The number of piperidine rings is 2. The highest BCUT2D eigenvalue weighted by Crippen LogP contribution is 2.43. The smallest absolute Gasteiger partial charge is 0.142 e. The highest BCUT2D eigenvalue weighted by atomic mass is 79.9. The molecule has 0 atom stereocenters. The van der Waals surface area contributed by atoms with Gasteiger partial charge in [0.25, 0.3) is 0 Å². The molecule has 4 aromatic carbocycles. The Morgan fingerprint density at radius 1 is 0.596 bits per heavy atom. The lowest BCUT2D eigenvalue weighted by atomic mass is 9.68. The second-order valence-electron chi connectivity index (χ2n) is 12.0. The highest BCUT2D eigenvalue weighted by Gasteiger charge is 2.37. The molecular formula is C37H35BrCl3F2N4-. The van der Waals surface area contributed by atoms with Crippen LogP contribution in [-0.2, 0) is 10.8 Å². The first-order valence-corrected chi connectivity index (χ1v) is 17.0. The highest BCUT2D eigenvalue weighted by molar-refractivity contribution is 9.10. The Morgan fingerprint density at radius 3 is 1.43 bits per heavy atom. The van der Waals surface area contributed by atoms with E-state index in [0.717, 1.165) is 78.6 Å². The molecule has 2 saturated heterocycles. The average molecular weight is 760 g/mol. The quantitative estimate of drug-likeness (QED) is 0.193. The van der Waals surface area contributed by atoms with Gasteiger partial charge in [0.1, 0.15) is 11.6 Å². The molecule has 0 unspecified atom stereocenters. The number of aromatic nitrogens is 2. The fourth-order valence-electron chi connectivity index (χ4n) is 6.94. The van der Waals surface area contributed by atoms with E-state index < -0.39 is 0 Å². The Labute approximate surface area is 299 Å². The van der Waals surface area contributed by atoms with E-state index in [1.807, 2.05) is 36.7 Å². The molecule has 0 aliphatic carbocycles. The number of hydrogen-bond donors (Lipinski definition) is 3. The Bertz CT molecular complexity index is 1750. The number of H-pyrrole nitrogens is 1. The van der Waals surface area contributed by atoms with Crippen LogP contribution in [0.3, 0.4) is 0 Å². The van der Waals surface area contributed by atoms with Crippen LogP contribution in [0.25, 0.3) is 11.1 Å². The molecule has 0 saturated carbocycles. The van der Waals surface area contributed by atoms with Crippen molar-refractivity contribution in [2.45, 2.75) is 36.5 Å². The largest absolute Gasteiger partial charge is 1.00 e. The second-order valence-corrected chi connectivity index (χ2v) is 13.7. The minimum Gasteiger partial charge on any atom is -1.00 e. The Balaban J connectivity index is 0.000000183. The van der Waals surface area contributed by atoms with Gasteiger partial charge in [0.05, 0.1) is 16.2 Å². The Morgan fingerprint density at radius 2 is 1.02 bits per heavy atom. The van der Waals surface area contributed by atoms with Crippen molar-refractivity contribution in [2.24, 2.45) is 0 Å². The molecule has 2 aliphatic rings. The standard InChI is InChI=1S/C20H19ClFN3.C17H16BrClFN.ClH/c21-18-6-5-17(11-19(18)22)20(7-9-23-10-8-20)16-3-1-14(2-4-16)15-12-24-25-13-15;18-14-4-1-12(2-5-14)17(7-9-21-10-8-17)13-3-6-15(19)16(20)11-13;/h1-6,11-13,23H,7-10H2,(H,24,25);1-6,11,21H,7-10H2;1H/p-1. The van der Waals surface area contributed by atoms with Gasteiger partial charge in [-0.25, -0.2) is 8.78 Å². The van der Waals surface area contributed by atoms with Gasteiger partial charge in [0.2, 0.25) is 0 Å². The van der Waals surface area contributed by atoms with Crippen molar-refractivity contribution in [1.29, 1.82) is 0 Å². The second kappa shape index (κ2) is 15.6. The maximum atomic E-state index is 14.1. The predicted molar refractivity (Wildman–Crippen MR) is 187 cm³/mol. The van der Waals surface area contributed by atoms with E-state index in [-0.39, 0.29) is 44.9 Å². The van der Waals surface area contributed by atoms with Gasteiger partial charge in [-0.1, -0.05) is 87.7 Å². The number of rotatable bonds is 5. The zero-order valence-corrected chi connectivity index (χ0v) is 29.5. The lowest BCUT2D eigenvalue weighted by Crippen LogP contribution is -3.00. The molecule has 0 radical (unpaired) electrons. The minimum absolute atomic E-state index is 0. The molecule has 2 aliphatic heterocycles. The number of benzene rings is 4. The molecule has 1 aromatic heterocycles. The number of hydrogen-bond acceptors (Lipinski definition) is 3. The summed E-state index contributed by atoms with van der Waals surface area (Å²) in [7, 11) is 0. The minimum atomic E-state index is -0.355. The van der Waals surface area contributed by atoms with E-state index >= 15 is 0 Å². The van der Waals surface area contributed by atoms with Gasteiger partial charge in [0, 0.05) is 27.1 Å². The van der Waals surface area contributed by atoms with Gasteiger partial charge in [-0.2, -0.15) is 5.10 Å². The van der Waals surface area contributed by atoms with Gasteiger partial charge in [-0.15, -0.1) is 0 Å². The summed E-state index contributed by atoms with van der Waals surface area (Å²) in [6, 6.07) is 27.3. The van der Waals surface area contributed by atoms with E-state index in [1.165, 1.54) is 11.1 Å². The molecule has 3 heterocycles. The number of aromatic amines is 1. The van der Waals surface area contributed by atoms with Gasteiger partial charge in [-0.05, 0) is 116 Å². The SMILES string of the molecule is Fc1cc(C2(c3ccc(-c4cn[nH]c4)cc3)CCNCC2)ccc1Cl.Fc1cc(C2(c3ccc(Br)cc3)CCNCC2)ccc1Cl.[Cl-]. The van der Waals surface area contributed by atoms with Crippen LogP contribution in [0.1, 0.15) is 47.9 Å². The van der Waals surface area contributed by atoms with E-state index in [4.69, 9.17) is 23.2 Å². The first-order valence-electron chi connectivity index (χ1n) is 15.5. The molecule has 246 valence electrons. The summed E-state index contributed by atoms with van der Waals surface area (Å²) in [6.07, 6.45) is 7.46. The molecule has 5 aromatic rings. The van der Waals surface area contributed by atoms with Gasteiger partial charge >= 0.3 is 0 Å². The van der Waals surface area contributed by atoms with Crippen molar-refractivity contribution in [3.8, 4) is 11.1 Å². The summed E-state index contributed by atoms with van der Waals surface area (Å²) in [5.41, 5.74) is 6.28. The van der Waals surface area contributed by atoms with Crippen LogP contribution in [-0.4, -0.2) is 36.4 Å². The first-order chi connectivity index (χ1) is 22.3. The summed E-state index contributed by atoms with van der Waals surface area (Å²) in [6.45, 7) is 3.68. The van der Waals surface area contributed by atoms with E-state index in [2.05, 4.69) is 73.2 Å². The van der Waals surface area contributed by atoms with Crippen molar-refractivity contribution in [1.82, 2.24) is 20.8 Å². The summed E-state index contributed by atoms with van der Waals surface area (Å²) >= 11 is 15.2. The monoisotopic (exact) mass is 757 g/mol. The summed E-state index contributed by atoms with van der Waals surface area (Å²) in [5.74, 6) is -0.698. The summed E-state index contributed by atoms with van der Waals surface area (Å²) in [4.78, 5) is 0. The summed E-state index contributed by atoms with van der Waals surface area (Å²) in [5, 5.41) is 14.0. The average Bonchev–Trinajstić information content (AvgIpc) is 3.64. The van der Waals surface area contributed by atoms with E-state index in [9.17, 15) is 8.78 Å². The normalized spacial score (nSPS) is 16.8. The molecule has 4 nitrogen and oxygen atoms in total. The Hall–Kier alpha value is -2.78. The molecule has 10 heteroatoms. The van der Waals surface area contributed by atoms with E-state index in [1.54, 1.807) is 24.3 Å². The zero-order valence-electron chi connectivity index (χ0n) is 25.6. The maximum absolute atomic E-state index is 14.1. The lowest BCUT2D eigenvalue weighted by Gasteiger charge is -2.39. The van der Waals surface area contributed by atoms with Crippen molar-refractivity contribution in [2.75, 3.05) is 26.2 Å². The molecular weight excluding hydrogens is 725 g/mol. The van der Waals surface area contributed by atoms with E-state index in [0.29, 0.717) is 0 Å². The molecule has 2 fully saturated rings. The molecule has 0 bridgehead atoms. The zero-order chi connectivity index (χ0) is 32.1. The maximum Gasteiger partial charge on any atom is 0.142 e. The number of nitrogens with zero attached hydrogens (tertiary/aromatic N) is 1. The van der Waals surface area contributed by atoms with Crippen LogP contribution in [0.2, 0.25) is 10.0 Å².